The topological polar surface area (TPSA) is 76.8 Å². The van der Waals surface area contributed by atoms with Gasteiger partial charge < -0.3 is 10.5 Å². The van der Waals surface area contributed by atoms with Gasteiger partial charge in [0.1, 0.15) is 18.1 Å². The fourth-order valence-electron chi connectivity index (χ4n) is 1.04. The quantitative estimate of drug-likeness (QED) is 0.755. The maximum absolute atomic E-state index is 5.52. The number of benzene rings is 1. The number of nitrogens with one attached hydrogen (secondary N) is 1. The molecule has 0 aliphatic rings. The van der Waals surface area contributed by atoms with Crippen LogP contribution in [-0.2, 0) is 6.61 Å². The number of hydrogen-bond acceptors (Lipinski definition) is 4. The minimum absolute atomic E-state index is 0.326. The lowest BCUT2D eigenvalue weighted by atomic mass is 10.3. The smallest absolute Gasteiger partial charge is 0.172 e. The molecule has 0 atom stereocenters. The summed E-state index contributed by atoms with van der Waals surface area (Å²) in [7, 11) is 0. The highest BCUT2D eigenvalue weighted by atomic mass is 16.5. The van der Waals surface area contributed by atoms with Crippen molar-refractivity contribution in [3.8, 4) is 5.75 Å². The molecule has 0 fully saturated rings. The number of aromatic nitrogens is 3. The van der Waals surface area contributed by atoms with Gasteiger partial charge in [0.2, 0.25) is 0 Å². The van der Waals surface area contributed by atoms with E-state index in [1.54, 1.807) is 0 Å². The van der Waals surface area contributed by atoms with Crippen molar-refractivity contribution in [1.29, 1.82) is 0 Å². The SMILES string of the molecule is Nc1n[nH]nc1COc1ccccc1. The van der Waals surface area contributed by atoms with Gasteiger partial charge in [-0.15, -0.1) is 5.10 Å². The third kappa shape index (κ3) is 1.82. The third-order valence-corrected chi connectivity index (χ3v) is 1.77. The number of nitrogens with two attached hydrogens (primary N) is 1. The number of para-hydroxylation sites is 1. The number of anilines is 1. The van der Waals surface area contributed by atoms with Crippen LogP contribution in [0, 0.1) is 0 Å². The van der Waals surface area contributed by atoms with Crippen LogP contribution in [0.25, 0.3) is 0 Å². The first-order chi connectivity index (χ1) is 6.86. The Labute approximate surface area is 80.9 Å². The van der Waals surface area contributed by atoms with Crippen LogP contribution in [0.3, 0.4) is 0 Å². The molecule has 14 heavy (non-hydrogen) atoms. The van der Waals surface area contributed by atoms with E-state index < -0.39 is 0 Å². The van der Waals surface area contributed by atoms with E-state index in [0.717, 1.165) is 5.75 Å². The van der Waals surface area contributed by atoms with Crippen LogP contribution in [0.1, 0.15) is 5.69 Å². The van der Waals surface area contributed by atoms with Crippen LogP contribution in [-0.4, -0.2) is 15.4 Å². The Bertz CT molecular complexity index is 398. The van der Waals surface area contributed by atoms with Crippen LogP contribution in [0.2, 0.25) is 0 Å². The number of nitrogens with zero attached hydrogens (tertiary/aromatic N) is 2. The molecule has 0 radical (unpaired) electrons. The Morgan fingerprint density at radius 1 is 1.21 bits per heavy atom. The molecular weight excluding hydrogens is 180 g/mol. The van der Waals surface area contributed by atoms with Gasteiger partial charge in [-0.1, -0.05) is 18.2 Å². The number of hydrogen-bond donors (Lipinski definition) is 2. The summed E-state index contributed by atoms with van der Waals surface area (Å²) in [4.78, 5) is 0. The second kappa shape index (κ2) is 3.78. The molecule has 0 saturated heterocycles. The summed E-state index contributed by atoms with van der Waals surface area (Å²) in [5.74, 6) is 1.16. The van der Waals surface area contributed by atoms with Crippen molar-refractivity contribution in [1.82, 2.24) is 15.4 Å². The molecule has 72 valence electrons. The zero-order valence-electron chi connectivity index (χ0n) is 7.47. The Morgan fingerprint density at radius 3 is 2.64 bits per heavy atom. The lowest BCUT2D eigenvalue weighted by molar-refractivity contribution is 0.302. The van der Waals surface area contributed by atoms with E-state index in [-0.39, 0.29) is 0 Å². The average Bonchev–Trinajstić information content (AvgIpc) is 2.63. The van der Waals surface area contributed by atoms with Crippen molar-refractivity contribution in [3.05, 3.63) is 36.0 Å². The average molecular weight is 190 g/mol. The van der Waals surface area contributed by atoms with Gasteiger partial charge in [-0.05, 0) is 12.1 Å². The Morgan fingerprint density at radius 2 is 2.00 bits per heavy atom. The van der Waals surface area contributed by atoms with Gasteiger partial charge in [0.05, 0.1) is 0 Å². The molecule has 5 heteroatoms. The summed E-state index contributed by atoms with van der Waals surface area (Å²) in [6.45, 7) is 0.326. The normalized spacial score (nSPS) is 10.0. The van der Waals surface area contributed by atoms with Crippen molar-refractivity contribution in [2.75, 3.05) is 5.73 Å². The molecule has 1 aromatic heterocycles. The fraction of sp³-hybridized carbons (Fsp3) is 0.111. The van der Waals surface area contributed by atoms with E-state index in [1.165, 1.54) is 0 Å². The summed E-state index contributed by atoms with van der Waals surface area (Å²) < 4.78 is 5.43. The van der Waals surface area contributed by atoms with Gasteiger partial charge in [-0.25, -0.2) is 0 Å². The minimum atomic E-state index is 0.326. The summed E-state index contributed by atoms with van der Waals surface area (Å²) in [5, 5.41) is 9.96. The zero-order chi connectivity index (χ0) is 9.80. The first-order valence-corrected chi connectivity index (χ1v) is 4.19. The van der Waals surface area contributed by atoms with E-state index in [9.17, 15) is 0 Å². The monoisotopic (exact) mass is 190 g/mol. The predicted octanol–water partition coefficient (Wildman–Crippen LogP) is 0.966. The maximum atomic E-state index is 5.52. The van der Waals surface area contributed by atoms with Gasteiger partial charge in [0.15, 0.2) is 5.82 Å². The Balaban J connectivity index is 1.99. The molecule has 3 N–H and O–H groups in total. The minimum Gasteiger partial charge on any atom is -0.487 e. The van der Waals surface area contributed by atoms with Gasteiger partial charge >= 0.3 is 0 Å². The summed E-state index contributed by atoms with van der Waals surface area (Å²) >= 11 is 0. The molecule has 0 saturated carbocycles. The van der Waals surface area contributed by atoms with Crippen LogP contribution in [0.5, 0.6) is 5.75 Å². The molecule has 0 aliphatic heterocycles. The van der Waals surface area contributed by atoms with Crippen molar-refractivity contribution in [3.63, 3.8) is 0 Å². The molecule has 0 amide bonds. The highest BCUT2D eigenvalue weighted by Crippen LogP contribution is 2.11. The van der Waals surface area contributed by atoms with Crippen molar-refractivity contribution in [2.24, 2.45) is 0 Å². The lowest BCUT2D eigenvalue weighted by Crippen LogP contribution is -1.99. The second-order valence-electron chi connectivity index (χ2n) is 2.76. The molecule has 1 heterocycles. The third-order valence-electron chi connectivity index (χ3n) is 1.77. The summed E-state index contributed by atoms with van der Waals surface area (Å²) in [6, 6.07) is 9.48. The van der Waals surface area contributed by atoms with Gasteiger partial charge in [-0.3, -0.25) is 0 Å². The first kappa shape index (κ1) is 8.55. The molecular formula is C9H10N4O. The molecule has 0 unspecified atom stereocenters. The molecule has 0 bridgehead atoms. The molecule has 1 aromatic carbocycles. The Hall–Kier alpha value is -2.04. The number of nitrogen functional groups attached to an aromatic ring is 1. The van der Waals surface area contributed by atoms with E-state index in [1.807, 2.05) is 30.3 Å². The van der Waals surface area contributed by atoms with Gasteiger partial charge in [0.25, 0.3) is 0 Å². The van der Waals surface area contributed by atoms with E-state index >= 15 is 0 Å². The highest BCUT2D eigenvalue weighted by molar-refractivity contribution is 5.31. The Kier molecular flexibility index (Phi) is 2.31. The van der Waals surface area contributed by atoms with E-state index in [0.29, 0.717) is 18.1 Å². The van der Waals surface area contributed by atoms with E-state index in [4.69, 9.17) is 10.5 Å². The largest absolute Gasteiger partial charge is 0.487 e. The van der Waals surface area contributed by atoms with Crippen LogP contribution < -0.4 is 10.5 Å². The second-order valence-corrected chi connectivity index (χ2v) is 2.76. The molecule has 5 nitrogen and oxygen atoms in total. The van der Waals surface area contributed by atoms with E-state index in [2.05, 4.69) is 15.4 Å². The molecule has 0 spiro atoms. The summed E-state index contributed by atoms with van der Waals surface area (Å²) in [6.07, 6.45) is 0. The van der Waals surface area contributed by atoms with Crippen LogP contribution in [0.4, 0.5) is 5.82 Å². The zero-order valence-corrected chi connectivity index (χ0v) is 7.47. The number of aromatic amines is 1. The van der Waals surface area contributed by atoms with Crippen molar-refractivity contribution >= 4 is 5.82 Å². The van der Waals surface area contributed by atoms with Crippen LogP contribution >= 0.6 is 0 Å². The van der Waals surface area contributed by atoms with Crippen LogP contribution in [0.15, 0.2) is 30.3 Å². The predicted molar refractivity (Wildman–Crippen MR) is 51.6 cm³/mol. The number of H-pyrrole nitrogens is 1. The lowest BCUT2D eigenvalue weighted by Gasteiger charge is -2.02. The van der Waals surface area contributed by atoms with Gasteiger partial charge in [-0.2, -0.15) is 10.3 Å². The number of rotatable bonds is 3. The standard InChI is InChI=1S/C9H10N4O/c10-9-8(11-13-12-9)6-14-7-4-2-1-3-5-7/h1-5H,6H2,(H3,10,11,12,13). The molecule has 2 aromatic rings. The van der Waals surface area contributed by atoms with Crippen molar-refractivity contribution < 1.29 is 4.74 Å². The molecule has 2 rings (SSSR count). The summed E-state index contributed by atoms with van der Waals surface area (Å²) in [5.41, 5.74) is 6.14. The maximum Gasteiger partial charge on any atom is 0.172 e. The first-order valence-electron chi connectivity index (χ1n) is 4.19. The number of ether oxygens (including phenoxy) is 1. The fourth-order valence-corrected chi connectivity index (χ4v) is 1.04. The van der Waals surface area contributed by atoms with Gasteiger partial charge in [0, 0.05) is 0 Å². The highest BCUT2D eigenvalue weighted by Gasteiger charge is 2.03. The van der Waals surface area contributed by atoms with Crippen molar-refractivity contribution in [2.45, 2.75) is 6.61 Å². The molecule has 0 aliphatic carbocycles.